The molecule has 2 N–H and O–H groups in total. The maximum Gasteiger partial charge on any atom is 0.330 e. The topological polar surface area (TPSA) is 86.7 Å². The fraction of sp³-hybridized carbons (Fsp3) is 0.550. The predicted molar refractivity (Wildman–Crippen MR) is 98.4 cm³/mol. The van der Waals surface area contributed by atoms with Crippen molar-refractivity contribution >= 4 is 17.8 Å². The summed E-state index contributed by atoms with van der Waals surface area (Å²) in [6.07, 6.45) is 2.04. The maximum atomic E-state index is 13.5. The van der Waals surface area contributed by atoms with Gasteiger partial charge in [-0.25, -0.2) is 9.18 Å². The Balaban J connectivity index is 2.09. The lowest BCUT2D eigenvalue weighted by Crippen LogP contribution is -2.48. The van der Waals surface area contributed by atoms with Crippen molar-refractivity contribution in [2.45, 2.75) is 46.1 Å². The Morgan fingerprint density at radius 1 is 1.37 bits per heavy atom. The number of halogens is 1. The minimum absolute atomic E-state index is 0.0268. The van der Waals surface area contributed by atoms with Crippen LogP contribution in [-0.2, 0) is 14.4 Å². The molecule has 1 heterocycles. The fourth-order valence-corrected chi connectivity index (χ4v) is 3.27. The molecule has 2 amide bonds. The third-order valence-corrected chi connectivity index (χ3v) is 5.19. The Hall–Kier alpha value is -2.44. The summed E-state index contributed by atoms with van der Waals surface area (Å²) < 4.78 is 13.5. The summed E-state index contributed by atoms with van der Waals surface area (Å²) in [6, 6.07) is 2.73. The van der Waals surface area contributed by atoms with E-state index in [2.05, 4.69) is 5.32 Å². The van der Waals surface area contributed by atoms with Crippen LogP contribution in [0, 0.1) is 24.6 Å². The number of benzene rings is 1. The third-order valence-electron chi connectivity index (χ3n) is 5.19. The van der Waals surface area contributed by atoms with Crippen molar-refractivity contribution in [3.8, 4) is 0 Å². The summed E-state index contributed by atoms with van der Waals surface area (Å²) >= 11 is 0. The van der Waals surface area contributed by atoms with E-state index in [0.29, 0.717) is 37.1 Å². The zero-order valence-corrected chi connectivity index (χ0v) is 16.0. The van der Waals surface area contributed by atoms with Crippen LogP contribution in [-0.4, -0.2) is 40.9 Å². The highest BCUT2D eigenvalue weighted by molar-refractivity contribution is 5.87. The van der Waals surface area contributed by atoms with Crippen LogP contribution in [0.4, 0.5) is 4.39 Å². The molecule has 1 aromatic rings. The highest BCUT2D eigenvalue weighted by Crippen LogP contribution is 2.22. The van der Waals surface area contributed by atoms with Crippen LogP contribution < -0.4 is 5.32 Å². The average molecular weight is 378 g/mol. The van der Waals surface area contributed by atoms with Crippen LogP contribution in [0.15, 0.2) is 18.2 Å². The number of carboxylic acids is 1. The molecular weight excluding hydrogens is 351 g/mol. The van der Waals surface area contributed by atoms with E-state index in [-0.39, 0.29) is 11.8 Å². The van der Waals surface area contributed by atoms with E-state index in [1.807, 2.05) is 13.8 Å². The quantitative estimate of drug-likeness (QED) is 0.797. The first-order valence-corrected chi connectivity index (χ1v) is 9.32. The smallest absolute Gasteiger partial charge is 0.330 e. The molecule has 0 radical (unpaired) electrons. The van der Waals surface area contributed by atoms with Gasteiger partial charge in [0.05, 0.1) is 5.92 Å². The van der Waals surface area contributed by atoms with E-state index >= 15 is 0 Å². The molecule has 1 aromatic carbocycles. The van der Waals surface area contributed by atoms with Crippen molar-refractivity contribution in [2.24, 2.45) is 11.8 Å². The number of carboxylic acid groups (broad SMARTS) is 1. The van der Waals surface area contributed by atoms with Gasteiger partial charge in [-0.15, -0.1) is 0 Å². The number of piperidine rings is 1. The molecule has 1 aliphatic heterocycles. The monoisotopic (exact) mass is 378 g/mol. The van der Waals surface area contributed by atoms with Crippen LogP contribution in [0.5, 0.6) is 0 Å². The molecule has 1 fully saturated rings. The van der Waals surface area contributed by atoms with Crippen molar-refractivity contribution in [3.05, 3.63) is 35.1 Å². The van der Waals surface area contributed by atoms with Gasteiger partial charge in [0, 0.05) is 19.0 Å². The van der Waals surface area contributed by atoms with E-state index in [9.17, 15) is 23.9 Å². The number of carbonyl (C=O) groups is 3. The molecule has 6 nitrogen and oxygen atoms in total. The highest BCUT2D eigenvalue weighted by atomic mass is 19.1. The number of nitrogens with zero attached hydrogens (tertiary/aromatic N) is 1. The molecule has 2 rings (SSSR count). The van der Waals surface area contributed by atoms with E-state index in [1.165, 1.54) is 18.2 Å². The van der Waals surface area contributed by atoms with Crippen LogP contribution in [0.3, 0.4) is 0 Å². The Morgan fingerprint density at radius 3 is 2.67 bits per heavy atom. The van der Waals surface area contributed by atoms with E-state index in [1.54, 1.807) is 11.8 Å². The molecule has 0 aliphatic carbocycles. The minimum Gasteiger partial charge on any atom is -0.479 e. The predicted octanol–water partition coefficient (Wildman–Crippen LogP) is 2.66. The van der Waals surface area contributed by atoms with E-state index in [0.717, 1.165) is 6.42 Å². The van der Waals surface area contributed by atoms with Crippen molar-refractivity contribution in [1.82, 2.24) is 10.2 Å². The molecule has 0 aromatic heterocycles. The zero-order chi connectivity index (χ0) is 20.1. The zero-order valence-electron chi connectivity index (χ0n) is 16.0. The summed E-state index contributed by atoms with van der Waals surface area (Å²) in [5, 5.41) is 12.1. The van der Waals surface area contributed by atoms with Gasteiger partial charge < -0.3 is 15.3 Å². The number of aliphatic carboxylic acids is 1. The number of rotatable bonds is 6. The number of carbonyl (C=O) groups excluding carboxylic acids is 2. The van der Waals surface area contributed by atoms with Gasteiger partial charge in [-0.3, -0.25) is 9.59 Å². The van der Waals surface area contributed by atoms with Gasteiger partial charge in [0.2, 0.25) is 11.8 Å². The van der Waals surface area contributed by atoms with Gasteiger partial charge in [0.25, 0.3) is 0 Å². The molecular formula is C20H27FN2O4. The standard InChI is InChI=1S/C20H27FN2O4/c1-4-12(2)19(25)23-9-5-6-15(11-23)18(24)22-17(20(26)27)14-7-8-16(21)13(3)10-14/h7-8,10,12,15,17H,4-6,9,11H2,1-3H3,(H,22,24)(H,26,27). The second-order valence-electron chi connectivity index (χ2n) is 7.22. The number of likely N-dealkylation sites (tertiary alicyclic amines) is 1. The van der Waals surface area contributed by atoms with Crippen molar-refractivity contribution < 1.29 is 23.9 Å². The highest BCUT2D eigenvalue weighted by Gasteiger charge is 2.32. The molecule has 3 unspecified atom stereocenters. The van der Waals surface area contributed by atoms with Gasteiger partial charge in [-0.05, 0) is 43.4 Å². The Bertz CT molecular complexity index is 722. The molecule has 27 heavy (non-hydrogen) atoms. The summed E-state index contributed by atoms with van der Waals surface area (Å²) in [6.45, 7) is 6.26. The lowest BCUT2D eigenvalue weighted by Gasteiger charge is -2.34. The first kappa shape index (κ1) is 20.9. The van der Waals surface area contributed by atoms with Crippen LogP contribution in [0.25, 0.3) is 0 Å². The largest absolute Gasteiger partial charge is 0.479 e. The summed E-state index contributed by atoms with van der Waals surface area (Å²) in [4.78, 5) is 38.4. The molecule has 148 valence electrons. The Labute approximate surface area is 158 Å². The maximum absolute atomic E-state index is 13.5. The molecule has 0 saturated carbocycles. The van der Waals surface area contributed by atoms with Gasteiger partial charge in [0.15, 0.2) is 6.04 Å². The molecule has 1 aliphatic rings. The molecule has 3 atom stereocenters. The normalized spacial score (nSPS) is 19.3. The van der Waals surface area contributed by atoms with Gasteiger partial charge in [-0.1, -0.05) is 26.0 Å². The molecule has 0 bridgehead atoms. The SMILES string of the molecule is CCC(C)C(=O)N1CCCC(C(=O)NC(C(=O)O)c2ccc(F)c(C)c2)C1. The van der Waals surface area contributed by atoms with E-state index in [4.69, 9.17) is 0 Å². The van der Waals surface area contributed by atoms with Crippen molar-refractivity contribution in [1.29, 1.82) is 0 Å². The van der Waals surface area contributed by atoms with E-state index < -0.39 is 29.7 Å². The molecule has 7 heteroatoms. The lowest BCUT2D eigenvalue weighted by molar-refractivity contribution is -0.144. The van der Waals surface area contributed by atoms with Crippen LogP contribution >= 0.6 is 0 Å². The van der Waals surface area contributed by atoms with Gasteiger partial charge >= 0.3 is 5.97 Å². The summed E-state index contributed by atoms with van der Waals surface area (Å²) in [5.74, 6) is -2.56. The Morgan fingerprint density at radius 2 is 2.07 bits per heavy atom. The first-order chi connectivity index (χ1) is 12.7. The number of hydrogen-bond acceptors (Lipinski definition) is 3. The third kappa shape index (κ3) is 5.05. The summed E-state index contributed by atoms with van der Waals surface area (Å²) in [7, 11) is 0. The lowest BCUT2D eigenvalue weighted by atomic mass is 9.94. The minimum atomic E-state index is -1.25. The average Bonchev–Trinajstić information content (AvgIpc) is 2.66. The number of hydrogen-bond donors (Lipinski definition) is 2. The number of nitrogens with one attached hydrogen (secondary N) is 1. The van der Waals surface area contributed by atoms with Gasteiger partial charge in [0.1, 0.15) is 5.82 Å². The van der Waals surface area contributed by atoms with Crippen molar-refractivity contribution in [2.75, 3.05) is 13.1 Å². The summed E-state index contributed by atoms with van der Waals surface area (Å²) in [5.41, 5.74) is 0.633. The van der Waals surface area contributed by atoms with Crippen molar-refractivity contribution in [3.63, 3.8) is 0 Å². The van der Waals surface area contributed by atoms with Gasteiger partial charge in [-0.2, -0.15) is 0 Å². The van der Waals surface area contributed by atoms with Crippen LogP contribution in [0.1, 0.15) is 50.3 Å². The first-order valence-electron chi connectivity index (χ1n) is 9.32. The second-order valence-corrected chi connectivity index (χ2v) is 7.22. The number of aryl methyl sites for hydroxylation is 1. The number of amides is 2. The second kappa shape index (κ2) is 8.97. The molecule has 1 saturated heterocycles. The van der Waals surface area contributed by atoms with Crippen LogP contribution in [0.2, 0.25) is 0 Å². The molecule has 0 spiro atoms. The fourth-order valence-electron chi connectivity index (χ4n) is 3.27. The Kier molecular flexibility index (Phi) is 6.93.